The molecule has 3 heterocycles. The predicted octanol–water partition coefficient (Wildman–Crippen LogP) is 3.78. The number of benzene rings is 2. The molecule has 3 unspecified atom stereocenters. The van der Waals surface area contributed by atoms with Gasteiger partial charge in [-0.05, 0) is 51.0 Å². The molecule has 2 aromatic carbocycles. The Balaban J connectivity index is 1.41. The molecule has 0 radical (unpaired) electrons. The van der Waals surface area contributed by atoms with E-state index in [1.165, 1.54) is 0 Å². The van der Waals surface area contributed by atoms with Crippen LogP contribution in [0.25, 0.3) is 11.0 Å². The lowest BCUT2D eigenvalue weighted by Crippen LogP contribution is -2.64. The average molecular weight is 447 g/mol. The summed E-state index contributed by atoms with van der Waals surface area (Å²) in [5.74, 6) is -0.222. The summed E-state index contributed by atoms with van der Waals surface area (Å²) in [7, 11) is 0. The summed E-state index contributed by atoms with van der Waals surface area (Å²) in [6.07, 6.45) is 1.97. The number of aromatic nitrogens is 2. The lowest BCUT2D eigenvalue weighted by atomic mass is 9.73. The summed E-state index contributed by atoms with van der Waals surface area (Å²) in [5, 5.41) is 0. The third kappa shape index (κ3) is 3.46. The molecule has 172 valence electrons. The molecule has 5 rings (SSSR count). The number of likely N-dealkylation sites (tertiary alicyclic amines) is 1. The van der Waals surface area contributed by atoms with Crippen molar-refractivity contribution in [3.8, 4) is 5.75 Å². The van der Waals surface area contributed by atoms with E-state index in [1.807, 2.05) is 49.4 Å². The summed E-state index contributed by atoms with van der Waals surface area (Å²) in [5.41, 5.74) is 7.91. The van der Waals surface area contributed by atoms with Gasteiger partial charge in [0.1, 0.15) is 17.5 Å². The minimum absolute atomic E-state index is 0.242. The Bertz CT molecular complexity index is 1230. The number of nitrogens with zero attached hydrogens (tertiary/aromatic N) is 3. The Kier molecular flexibility index (Phi) is 5.15. The van der Waals surface area contributed by atoms with Gasteiger partial charge in [-0.15, -0.1) is 0 Å². The molecular weight excluding hydrogens is 416 g/mol. The molecule has 0 spiro atoms. The van der Waals surface area contributed by atoms with Crippen molar-refractivity contribution in [2.45, 2.75) is 57.7 Å². The zero-order valence-corrected chi connectivity index (χ0v) is 19.3. The number of carbonyl (C=O) groups excluding carboxylic acids is 2. The summed E-state index contributed by atoms with van der Waals surface area (Å²) in [6, 6.07) is 16.1. The molecule has 7 heteroatoms. The number of nitrogens with two attached hydrogens (primary N) is 1. The molecule has 2 amide bonds. The van der Waals surface area contributed by atoms with E-state index >= 15 is 0 Å². The Morgan fingerprint density at radius 3 is 2.70 bits per heavy atom. The van der Waals surface area contributed by atoms with Crippen molar-refractivity contribution in [1.82, 2.24) is 14.5 Å². The van der Waals surface area contributed by atoms with Gasteiger partial charge in [0.15, 0.2) is 5.72 Å². The summed E-state index contributed by atoms with van der Waals surface area (Å²) >= 11 is 0. The van der Waals surface area contributed by atoms with E-state index < -0.39 is 17.6 Å². The predicted molar refractivity (Wildman–Crippen MR) is 126 cm³/mol. The second-order valence-corrected chi connectivity index (χ2v) is 9.58. The summed E-state index contributed by atoms with van der Waals surface area (Å²) < 4.78 is 8.60. The maximum atomic E-state index is 13.5. The number of hydrogen-bond acceptors (Lipinski definition) is 4. The standard InChI is InChI=1S/C26H30N4O3/c1-16(2)30-20-11-6-5-10-19(20)28-22(30)13-8-14-29-25(32)23(24(27)31)18-15-26(29,3)33-21-12-7-4-9-17(18)21/h4-7,9-12,16,18,23H,8,13-15H2,1-3H3,(H2,27,31). The number of carbonyl (C=O) groups is 2. The SMILES string of the molecule is CC(C)n1c(CCCN2C(=O)C(C(N)=O)C3CC2(C)Oc2ccccc23)nc2ccccc21. The van der Waals surface area contributed by atoms with Gasteiger partial charge in [0, 0.05) is 31.3 Å². The van der Waals surface area contributed by atoms with Crippen LogP contribution in [0.4, 0.5) is 0 Å². The van der Waals surface area contributed by atoms with Crippen LogP contribution in [0, 0.1) is 5.92 Å². The smallest absolute Gasteiger partial charge is 0.238 e. The van der Waals surface area contributed by atoms with Crippen molar-refractivity contribution in [3.63, 3.8) is 0 Å². The second-order valence-electron chi connectivity index (χ2n) is 9.58. The maximum absolute atomic E-state index is 13.5. The van der Waals surface area contributed by atoms with Crippen molar-refractivity contribution >= 4 is 22.8 Å². The van der Waals surface area contributed by atoms with Crippen LogP contribution >= 0.6 is 0 Å². The van der Waals surface area contributed by atoms with Crippen molar-refractivity contribution in [1.29, 1.82) is 0 Å². The van der Waals surface area contributed by atoms with Crippen LogP contribution in [0.3, 0.4) is 0 Å². The van der Waals surface area contributed by atoms with Gasteiger partial charge in [-0.25, -0.2) is 4.98 Å². The molecule has 7 nitrogen and oxygen atoms in total. The van der Waals surface area contributed by atoms with Gasteiger partial charge in [0.25, 0.3) is 0 Å². The summed E-state index contributed by atoms with van der Waals surface area (Å²) in [4.78, 5) is 32.4. The fourth-order valence-corrected chi connectivity index (χ4v) is 5.62. The highest BCUT2D eigenvalue weighted by atomic mass is 16.5. The number of primary amides is 1. The molecule has 3 atom stereocenters. The Labute approximate surface area is 193 Å². The number of aryl methyl sites for hydroxylation is 1. The number of ether oxygens (including phenoxy) is 1. The van der Waals surface area contributed by atoms with Gasteiger partial charge >= 0.3 is 0 Å². The Morgan fingerprint density at radius 1 is 1.21 bits per heavy atom. The number of piperidine rings is 1. The normalized spacial score (nSPS) is 24.1. The first-order valence-corrected chi connectivity index (χ1v) is 11.6. The molecule has 0 aliphatic carbocycles. The topological polar surface area (TPSA) is 90.5 Å². The number of amides is 2. The molecular formula is C26H30N4O3. The van der Waals surface area contributed by atoms with Gasteiger partial charge in [-0.1, -0.05) is 30.3 Å². The van der Waals surface area contributed by atoms with Crippen molar-refractivity contribution in [2.24, 2.45) is 11.7 Å². The van der Waals surface area contributed by atoms with Crippen LogP contribution < -0.4 is 10.5 Å². The van der Waals surface area contributed by atoms with Crippen LogP contribution in [-0.2, 0) is 16.0 Å². The zero-order valence-electron chi connectivity index (χ0n) is 19.3. The van der Waals surface area contributed by atoms with Crippen molar-refractivity contribution in [3.05, 3.63) is 59.9 Å². The maximum Gasteiger partial charge on any atom is 0.238 e. The molecule has 2 aliphatic heterocycles. The third-order valence-corrected chi connectivity index (χ3v) is 7.03. The third-order valence-electron chi connectivity index (χ3n) is 7.03. The molecule has 3 aromatic rings. The number of hydrogen-bond donors (Lipinski definition) is 1. The van der Waals surface area contributed by atoms with Crippen LogP contribution in [0.5, 0.6) is 5.75 Å². The van der Waals surface area contributed by atoms with Crippen LogP contribution in [-0.4, -0.2) is 38.5 Å². The average Bonchev–Trinajstić information content (AvgIpc) is 3.14. The lowest BCUT2D eigenvalue weighted by molar-refractivity contribution is -0.175. The number of para-hydroxylation sites is 3. The van der Waals surface area contributed by atoms with Gasteiger partial charge in [-0.2, -0.15) is 0 Å². The minimum Gasteiger partial charge on any atom is -0.468 e. The minimum atomic E-state index is -0.872. The van der Waals surface area contributed by atoms with Crippen LogP contribution in [0.2, 0.25) is 0 Å². The number of rotatable bonds is 6. The van der Waals surface area contributed by atoms with Gasteiger partial charge in [0.05, 0.1) is 11.0 Å². The van der Waals surface area contributed by atoms with Gasteiger partial charge in [0.2, 0.25) is 11.8 Å². The molecule has 33 heavy (non-hydrogen) atoms. The van der Waals surface area contributed by atoms with E-state index in [1.54, 1.807) is 4.90 Å². The first-order chi connectivity index (χ1) is 15.8. The van der Waals surface area contributed by atoms with E-state index in [2.05, 4.69) is 24.5 Å². The first kappa shape index (κ1) is 21.5. The van der Waals surface area contributed by atoms with Gasteiger partial charge < -0.3 is 19.9 Å². The van der Waals surface area contributed by atoms with Gasteiger partial charge in [-0.3, -0.25) is 9.59 Å². The zero-order chi connectivity index (χ0) is 23.3. The fraction of sp³-hybridized carbons (Fsp3) is 0.423. The Hall–Kier alpha value is -3.35. The Morgan fingerprint density at radius 2 is 1.94 bits per heavy atom. The van der Waals surface area contributed by atoms with E-state index in [4.69, 9.17) is 15.5 Å². The highest BCUT2D eigenvalue weighted by Crippen LogP contribution is 2.50. The number of imidazole rings is 1. The van der Waals surface area contributed by atoms with E-state index in [9.17, 15) is 9.59 Å². The number of fused-ring (bicyclic) bond motifs is 5. The van der Waals surface area contributed by atoms with E-state index in [0.29, 0.717) is 25.8 Å². The largest absolute Gasteiger partial charge is 0.468 e. The molecule has 2 bridgehead atoms. The van der Waals surface area contributed by atoms with E-state index in [-0.39, 0.29) is 17.9 Å². The van der Waals surface area contributed by atoms with Crippen LogP contribution in [0.1, 0.15) is 57.0 Å². The van der Waals surface area contributed by atoms with Crippen LogP contribution in [0.15, 0.2) is 48.5 Å². The molecule has 1 fully saturated rings. The quantitative estimate of drug-likeness (QED) is 0.584. The molecule has 1 saturated heterocycles. The molecule has 0 saturated carbocycles. The molecule has 2 N–H and O–H groups in total. The molecule has 1 aromatic heterocycles. The monoisotopic (exact) mass is 446 g/mol. The lowest BCUT2D eigenvalue weighted by Gasteiger charge is -2.52. The molecule has 2 aliphatic rings. The highest BCUT2D eigenvalue weighted by Gasteiger charge is 2.55. The second kappa shape index (κ2) is 7.90. The van der Waals surface area contributed by atoms with Crippen molar-refractivity contribution < 1.29 is 14.3 Å². The van der Waals surface area contributed by atoms with Crippen molar-refractivity contribution in [2.75, 3.05) is 6.54 Å². The van der Waals surface area contributed by atoms with E-state index in [0.717, 1.165) is 28.2 Å². The summed E-state index contributed by atoms with van der Waals surface area (Å²) in [6.45, 7) is 6.71. The fourth-order valence-electron chi connectivity index (χ4n) is 5.62. The highest BCUT2D eigenvalue weighted by molar-refractivity contribution is 6.01. The first-order valence-electron chi connectivity index (χ1n) is 11.6.